The van der Waals surface area contributed by atoms with Gasteiger partial charge in [0.05, 0.1) is 23.6 Å². The van der Waals surface area contributed by atoms with E-state index in [-0.39, 0.29) is 28.6 Å². The van der Waals surface area contributed by atoms with Gasteiger partial charge in [-0.25, -0.2) is 12.8 Å². The van der Waals surface area contributed by atoms with E-state index in [2.05, 4.69) is 4.72 Å². The molecule has 0 aliphatic carbocycles. The van der Waals surface area contributed by atoms with E-state index in [9.17, 15) is 17.6 Å². The highest BCUT2D eigenvalue weighted by atomic mass is 32.2. The lowest BCUT2D eigenvalue weighted by atomic mass is 10.1. The number of morpholine rings is 1. The number of carbonyl (C=O) groups excluding carboxylic acids is 1. The molecule has 144 valence electrons. The lowest BCUT2D eigenvalue weighted by Gasteiger charge is -2.36. The monoisotopic (exact) mass is 392 g/mol. The number of benzene rings is 2. The number of nitrogens with zero attached hydrogens (tertiary/aromatic N) is 1. The van der Waals surface area contributed by atoms with Crippen LogP contribution in [0.2, 0.25) is 0 Å². The Bertz CT molecular complexity index is 914. The van der Waals surface area contributed by atoms with Crippen LogP contribution in [0, 0.1) is 5.82 Å². The maximum absolute atomic E-state index is 12.9. The summed E-state index contributed by atoms with van der Waals surface area (Å²) in [7, 11) is -3.83. The Hall–Kier alpha value is -2.45. The van der Waals surface area contributed by atoms with Gasteiger partial charge in [0.15, 0.2) is 0 Å². The van der Waals surface area contributed by atoms with Crippen LogP contribution in [0.1, 0.15) is 24.2 Å². The number of ether oxygens (including phenoxy) is 1. The van der Waals surface area contributed by atoms with Crippen molar-refractivity contribution in [2.24, 2.45) is 0 Å². The molecule has 0 saturated carbocycles. The molecule has 2 aromatic carbocycles. The van der Waals surface area contributed by atoms with Crippen molar-refractivity contribution >= 4 is 21.6 Å². The van der Waals surface area contributed by atoms with Crippen LogP contribution < -0.4 is 4.72 Å². The predicted octanol–water partition coefficient (Wildman–Crippen LogP) is 2.88. The van der Waals surface area contributed by atoms with E-state index in [1.807, 2.05) is 13.8 Å². The van der Waals surface area contributed by atoms with Crippen LogP contribution in [0.3, 0.4) is 0 Å². The van der Waals surface area contributed by atoms with Crippen LogP contribution in [0.5, 0.6) is 0 Å². The number of anilines is 1. The van der Waals surface area contributed by atoms with Crippen LogP contribution in [0.15, 0.2) is 53.4 Å². The summed E-state index contributed by atoms with van der Waals surface area (Å²) in [6.45, 7) is 4.78. The van der Waals surface area contributed by atoms with Crippen LogP contribution >= 0.6 is 0 Å². The van der Waals surface area contributed by atoms with Crippen molar-refractivity contribution in [3.63, 3.8) is 0 Å². The number of hydrogen-bond donors (Lipinski definition) is 1. The van der Waals surface area contributed by atoms with Gasteiger partial charge in [-0.3, -0.25) is 9.52 Å². The summed E-state index contributed by atoms with van der Waals surface area (Å²) in [5.41, 5.74) is 0.671. The van der Waals surface area contributed by atoms with Crippen molar-refractivity contribution in [1.82, 2.24) is 4.90 Å². The molecule has 0 bridgehead atoms. The number of amides is 1. The molecule has 1 aliphatic heterocycles. The van der Waals surface area contributed by atoms with E-state index in [4.69, 9.17) is 4.74 Å². The Labute approximate surface area is 158 Å². The Morgan fingerprint density at radius 2 is 1.74 bits per heavy atom. The molecule has 3 rings (SSSR count). The first-order valence-electron chi connectivity index (χ1n) is 8.57. The van der Waals surface area contributed by atoms with Crippen LogP contribution in [-0.2, 0) is 14.8 Å². The van der Waals surface area contributed by atoms with Gasteiger partial charge in [0, 0.05) is 17.8 Å². The molecule has 1 fully saturated rings. The second-order valence-corrected chi connectivity index (χ2v) is 8.27. The zero-order chi connectivity index (χ0) is 19.6. The van der Waals surface area contributed by atoms with Gasteiger partial charge in [-0.1, -0.05) is 0 Å². The Balaban J connectivity index is 1.76. The minimum atomic E-state index is -3.83. The SMILES string of the molecule is CC1CN(C(=O)c2ccc(S(=O)(=O)Nc3ccc(F)cc3)cc2)C(C)CO1. The molecule has 1 aliphatic rings. The standard InChI is InChI=1S/C19H21FN2O4S/c1-13-12-26-14(2)11-22(13)19(23)15-3-9-18(10-4-15)27(24,25)21-17-7-5-16(20)6-8-17/h3-10,13-14,21H,11-12H2,1-2H3. The average molecular weight is 392 g/mol. The van der Waals surface area contributed by atoms with Crippen molar-refractivity contribution < 1.29 is 22.3 Å². The molecule has 0 radical (unpaired) electrons. The zero-order valence-corrected chi connectivity index (χ0v) is 15.9. The molecule has 2 atom stereocenters. The molecule has 6 nitrogen and oxygen atoms in total. The second kappa shape index (κ2) is 7.66. The number of rotatable bonds is 4. The maximum atomic E-state index is 12.9. The lowest BCUT2D eigenvalue weighted by molar-refractivity contribution is -0.0387. The molecule has 1 saturated heterocycles. The molecular formula is C19H21FN2O4S. The maximum Gasteiger partial charge on any atom is 0.261 e. The summed E-state index contributed by atoms with van der Waals surface area (Å²) in [5, 5.41) is 0. The van der Waals surface area contributed by atoms with E-state index in [0.717, 1.165) is 0 Å². The van der Waals surface area contributed by atoms with E-state index < -0.39 is 15.8 Å². The quantitative estimate of drug-likeness (QED) is 0.868. The summed E-state index contributed by atoms with van der Waals surface area (Å²) < 4.78 is 45.8. The number of halogens is 1. The number of nitrogens with one attached hydrogen (secondary N) is 1. The molecule has 2 aromatic rings. The summed E-state index contributed by atoms with van der Waals surface area (Å²) in [6.07, 6.45) is -0.0373. The molecule has 0 spiro atoms. The third-order valence-corrected chi connectivity index (χ3v) is 5.77. The van der Waals surface area contributed by atoms with Gasteiger partial charge in [-0.15, -0.1) is 0 Å². The molecule has 1 heterocycles. The fourth-order valence-electron chi connectivity index (χ4n) is 2.86. The largest absolute Gasteiger partial charge is 0.375 e. The summed E-state index contributed by atoms with van der Waals surface area (Å²) >= 11 is 0. The van der Waals surface area contributed by atoms with E-state index in [0.29, 0.717) is 18.7 Å². The van der Waals surface area contributed by atoms with Gasteiger partial charge < -0.3 is 9.64 Å². The third kappa shape index (κ3) is 4.45. The normalized spacial score (nSPS) is 20.3. The first-order valence-corrected chi connectivity index (χ1v) is 10.1. The van der Waals surface area contributed by atoms with Gasteiger partial charge in [-0.05, 0) is 62.4 Å². The Morgan fingerprint density at radius 3 is 2.37 bits per heavy atom. The molecule has 2 unspecified atom stereocenters. The highest BCUT2D eigenvalue weighted by Crippen LogP contribution is 2.19. The summed E-state index contributed by atoms with van der Waals surface area (Å²) in [6, 6.07) is 10.7. The van der Waals surface area contributed by atoms with Gasteiger partial charge in [0.2, 0.25) is 0 Å². The van der Waals surface area contributed by atoms with Crippen LogP contribution in [-0.4, -0.2) is 44.5 Å². The fourth-order valence-corrected chi connectivity index (χ4v) is 3.92. The van der Waals surface area contributed by atoms with Gasteiger partial charge in [0.1, 0.15) is 5.82 Å². The van der Waals surface area contributed by atoms with Crippen LogP contribution in [0.25, 0.3) is 0 Å². The topological polar surface area (TPSA) is 75.7 Å². The minimum absolute atomic E-state index is 0.0202. The predicted molar refractivity (Wildman–Crippen MR) is 99.6 cm³/mol. The van der Waals surface area contributed by atoms with Gasteiger partial charge >= 0.3 is 0 Å². The molecule has 1 amide bonds. The molecule has 8 heteroatoms. The summed E-state index contributed by atoms with van der Waals surface area (Å²) in [5.74, 6) is -0.611. The van der Waals surface area contributed by atoms with E-state index >= 15 is 0 Å². The Kier molecular flexibility index (Phi) is 5.48. The molecule has 1 N–H and O–H groups in total. The number of carbonyl (C=O) groups is 1. The highest BCUT2D eigenvalue weighted by Gasteiger charge is 2.28. The van der Waals surface area contributed by atoms with Crippen molar-refractivity contribution in [1.29, 1.82) is 0 Å². The average Bonchev–Trinajstić information content (AvgIpc) is 2.65. The Morgan fingerprint density at radius 1 is 1.11 bits per heavy atom. The number of sulfonamides is 1. The molecular weight excluding hydrogens is 371 g/mol. The number of hydrogen-bond acceptors (Lipinski definition) is 4. The van der Waals surface area contributed by atoms with E-state index in [1.165, 1.54) is 48.5 Å². The second-order valence-electron chi connectivity index (χ2n) is 6.59. The third-order valence-electron chi connectivity index (χ3n) is 4.38. The smallest absolute Gasteiger partial charge is 0.261 e. The highest BCUT2D eigenvalue weighted by molar-refractivity contribution is 7.92. The first kappa shape index (κ1) is 19.3. The van der Waals surface area contributed by atoms with Crippen molar-refractivity contribution in [2.75, 3.05) is 17.9 Å². The van der Waals surface area contributed by atoms with Gasteiger partial charge in [0.25, 0.3) is 15.9 Å². The molecule has 0 aromatic heterocycles. The minimum Gasteiger partial charge on any atom is -0.375 e. The lowest BCUT2D eigenvalue weighted by Crippen LogP contribution is -2.50. The van der Waals surface area contributed by atoms with Crippen molar-refractivity contribution in [3.05, 3.63) is 59.9 Å². The zero-order valence-electron chi connectivity index (χ0n) is 15.1. The first-order chi connectivity index (χ1) is 12.8. The van der Waals surface area contributed by atoms with Gasteiger partial charge in [-0.2, -0.15) is 0 Å². The molecule has 27 heavy (non-hydrogen) atoms. The van der Waals surface area contributed by atoms with Crippen molar-refractivity contribution in [3.8, 4) is 0 Å². The van der Waals surface area contributed by atoms with E-state index in [1.54, 1.807) is 4.90 Å². The van der Waals surface area contributed by atoms with Crippen LogP contribution in [0.4, 0.5) is 10.1 Å². The fraction of sp³-hybridized carbons (Fsp3) is 0.316. The van der Waals surface area contributed by atoms with Crippen molar-refractivity contribution in [2.45, 2.75) is 30.9 Å². The summed E-state index contributed by atoms with van der Waals surface area (Å²) in [4.78, 5) is 14.5.